The van der Waals surface area contributed by atoms with E-state index in [9.17, 15) is 9.18 Å². The lowest BCUT2D eigenvalue weighted by atomic mass is 10.1. The predicted molar refractivity (Wildman–Crippen MR) is 81.9 cm³/mol. The van der Waals surface area contributed by atoms with Gasteiger partial charge in [0.15, 0.2) is 0 Å². The van der Waals surface area contributed by atoms with E-state index in [1.807, 2.05) is 18.9 Å². The van der Waals surface area contributed by atoms with E-state index in [0.717, 1.165) is 5.56 Å². The second-order valence-corrected chi connectivity index (χ2v) is 5.33. The number of carbonyl (C=O) groups is 1. The Hall–Kier alpha value is -1.53. The largest absolute Gasteiger partial charge is 0.389 e. The summed E-state index contributed by atoms with van der Waals surface area (Å²) < 4.78 is 13.5. The van der Waals surface area contributed by atoms with Crippen molar-refractivity contribution in [3.8, 4) is 0 Å². The number of carbonyl (C=O) groups excluding carboxylic acids is 1. The van der Waals surface area contributed by atoms with Crippen LogP contribution in [0.2, 0.25) is 0 Å². The molecule has 3 N–H and O–H groups in total. The molecule has 0 aliphatic heterocycles. The summed E-state index contributed by atoms with van der Waals surface area (Å²) in [4.78, 5) is 13.5. The van der Waals surface area contributed by atoms with Gasteiger partial charge in [0.25, 0.3) is 0 Å². The molecule has 4 nitrogen and oxygen atoms in total. The molecule has 0 saturated heterocycles. The summed E-state index contributed by atoms with van der Waals surface area (Å²) in [5, 5.41) is 2.62. The Morgan fingerprint density at radius 2 is 2.20 bits per heavy atom. The van der Waals surface area contributed by atoms with Crippen LogP contribution in [0, 0.1) is 11.7 Å². The van der Waals surface area contributed by atoms with E-state index in [2.05, 4.69) is 5.32 Å². The summed E-state index contributed by atoms with van der Waals surface area (Å²) in [7, 11) is 3.52. The first kappa shape index (κ1) is 16.5. The van der Waals surface area contributed by atoms with Crippen LogP contribution in [0.15, 0.2) is 18.2 Å². The third-order valence-electron chi connectivity index (χ3n) is 3.03. The fourth-order valence-electron chi connectivity index (χ4n) is 2.03. The average Bonchev–Trinajstić information content (AvgIpc) is 2.39. The number of rotatable bonds is 6. The number of halogens is 1. The van der Waals surface area contributed by atoms with Crippen LogP contribution >= 0.6 is 12.2 Å². The van der Waals surface area contributed by atoms with Crippen LogP contribution < -0.4 is 11.1 Å². The van der Waals surface area contributed by atoms with Crippen molar-refractivity contribution < 1.29 is 9.18 Å². The van der Waals surface area contributed by atoms with Crippen LogP contribution in [0.5, 0.6) is 0 Å². The maximum Gasteiger partial charge on any atom is 0.223 e. The molecular formula is C14H20FN3OS. The van der Waals surface area contributed by atoms with Gasteiger partial charge in [-0.2, -0.15) is 0 Å². The SMILES string of the molecule is CNC(=O)C(C)CN(C)Cc1ccc(F)c(C(N)=S)c1. The zero-order chi connectivity index (χ0) is 15.3. The number of nitrogens with one attached hydrogen (secondary N) is 1. The number of nitrogens with zero attached hydrogens (tertiary/aromatic N) is 1. The van der Waals surface area contributed by atoms with Gasteiger partial charge in [-0.25, -0.2) is 4.39 Å². The van der Waals surface area contributed by atoms with E-state index in [1.54, 1.807) is 19.2 Å². The minimum absolute atomic E-state index is 0.000203. The van der Waals surface area contributed by atoms with Crippen LogP contribution in [0.1, 0.15) is 18.1 Å². The highest BCUT2D eigenvalue weighted by Gasteiger charge is 2.14. The Morgan fingerprint density at radius 3 is 2.75 bits per heavy atom. The molecule has 1 aromatic carbocycles. The first-order valence-corrected chi connectivity index (χ1v) is 6.74. The Kier molecular flexibility index (Phi) is 6.04. The van der Waals surface area contributed by atoms with Gasteiger partial charge in [0.1, 0.15) is 10.8 Å². The van der Waals surface area contributed by atoms with E-state index in [1.165, 1.54) is 6.07 Å². The number of amides is 1. The maximum atomic E-state index is 13.5. The highest BCUT2D eigenvalue weighted by Crippen LogP contribution is 2.13. The molecule has 0 heterocycles. The average molecular weight is 297 g/mol. The first-order chi connectivity index (χ1) is 9.35. The van der Waals surface area contributed by atoms with Gasteiger partial charge in [-0.3, -0.25) is 4.79 Å². The van der Waals surface area contributed by atoms with Crippen molar-refractivity contribution >= 4 is 23.1 Å². The molecule has 0 aromatic heterocycles. The van der Waals surface area contributed by atoms with Gasteiger partial charge in [0.2, 0.25) is 5.91 Å². The third-order valence-corrected chi connectivity index (χ3v) is 3.25. The van der Waals surface area contributed by atoms with E-state index < -0.39 is 5.82 Å². The molecule has 0 radical (unpaired) electrons. The molecule has 1 aromatic rings. The minimum atomic E-state index is -0.414. The number of benzene rings is 1. The fourth-order valence-corrected chi connectivity index (χ4v) is 2.19. The summed E-state index contributed by atoms with van der Waals surface area (Å²) in [6.45, 7) is 3.07. The molecule has 1 rings (SSSR count). The van der Waals surface area contributed by atoms with Crippen molar-refractivity contribution in [2.45, 2.75) is 13.5 Å². The molecule has 0 aliphatic rings. The van der Waals surface area contributed by atoms with Crippen molar-refractivity contribution in [2.75, 3.05) is 20.6 Å². The van der Waals surface area contributed by atoms with Crippen LogP contribution in [0.4, 0.5) is 4.39 Å². The normalized spacial score (nSPS) is 12.2. The highest BCUT2D eigenvalue weighted by molar-refractivity contribution is 7.80. The third kappa shape index (κ3) is 4.54. The Balaban J connectivity index is 2.71. The molecule has 0 bridgehead atoms. The lowest BCUT2D eigenvalue weighted by molar-refractivity contribution is -0.124. The molecule has 0 saturated carbocycles. The van der Waals surface area contributed by atoms with Crippen molar-refractivity contribution in [3.05, 3.63) is 35.1 Å². The van der Waals surface area contributed by atoms with E-state index in [4.69, 9.17) is 18.0 Å². The van der Waals surface area contributed by atoms with Crippen LogP contribution in [0.25, 0.3) is 0 Å². The minimum Gasteiger partial charge on any atom is -0.389 e. The van der Waals surface area contributed by atoms with Crippen molar-refractivity contribution in [3.63, 3.8) is 0 Å². The maximum absolute atomic E-state index is 13.5. The predicted octanol–water partition coefficient (Wildman–Crippen LogP) is 1.27. The second kappa shape index (κ2) is 7.31. The van der Waals surface area contributed by atoms with E-state index in [0.29, 0.717) is 13.1 Å². The molecule has 110 valence electrons. The Labute approximate surface area is 124 Å². The van der Waals surface area contributed by atoms with Gasteiger partial charge in [0.05, 0.1) is 0 Å². The van der Waals surface area contributed by atoms with Gasteiger partial charge >= 0.3 is 0 Å². The standard InChI is InChI=1S/C14H20FN3OS/c1-9(14(19)17-2)7-18(3)8-10-4-5-12(15)11(6-10)13(16)20/h4-6,9H,7-8H2,1-3H3,(H2,16,20)(H,17,19). The quantitative estimate of drug-likeness (QED) is 0.777. The molecule has 1 atom stereocenters. The fraction of sp³-hybridized carbons (Fsp3) is 0.429. The zero-order valence-corrected chi connectivity index (χ0v) is 12.8. The smallest absolute Gasteiger partial charge is 0.223 e. The molecule has 0 fully saturated rings. The van der Waals surface area contributed by atoms with Gasteiger partial charge in [-0.15, -0.1) is 0 Å². The van der Waals surface area contributed by atoms with E-state index in [-0.39, 0.29) is 22.4 Å². The van der Waals surface area contributed by atoms with Gasteiger partial charge in [-0.1, -0.05) is 25.2 Å². The molecular weight excluding hydrogens is 277 g/mol. The Morgan fingerprint density at radius 1 is 1.55 bits per heavy atom. The summed E-state index contributed by atoms with van der Waals surface area (Å²) in [6, 6.07) is 4.71. The molecule has 6 heteroatoms. The molecule has 0 aliphatic carbocycles. The molecule has 0 spiro atoms. The lowest BCUT2D eigenvalue weighted by Crippen LogP contribution is -2.34. The number of nitrogens with two attached hydrogens (primary N) is 1. The zero-order valence-electron chi connectivity index (χ0n) is 11.9. The van der Waals surface area contributed by atoms with Gasteiger partial charge < -0.3 is 16.0 Å². The Bertz CT molecular complexity index is 507. The van der Waals surface area contributed by atoms with Gasteiger partial charge in [-0.05, 0) is 24.7 Å². The number of hydrogen-bond donors (Lipinski definition) is 2. The topological polar surface area (TPSA) is 58.4 Å². The monoisotopic (exact) mass is 297 g/mol. The summed E-state index contributed by atoms with van der Waals surface area (Å²) in [5.74, 6) is -0.525. The second-order valence-electron chi connectivity index (χ2n) is 4.89. The van der Waals surface area contributed by atoms with Crippen molar-refractivity contribution in [1.29, 1.82) is 0 Å². The van der Waals surface area contributed by atoms with E-state index >= 15 is 0 Å². The lowest BCUT2D eigenvalue weighted by Gasteiger charge is -2.20. The summed E-state index contributed by atoms with van der Waals surface area (Å²) in [6.07, 6.45) is 0. The van der Waals surface area contributed by atoms with Crippen molar-refractivity contribution in [1.82, 2.24) is 10.2 Å². The summed E-state index contributed by atoms with van der Waals surface area (Å²) in [5.41, 5.74) is 6.64. The van der Waals surface area contributed by atoms with Crippen LogP contribution in [0.3, 0.4) is 0 Å². The summed E-state index contributed by atoms with van der Waals surface area (Å²) >= 11 is 4.81. The number of thiocarbonyl (C=S) groups is 1. The first-order valence-electron chi connectivity index (χ1n) is 6.33. The van der Waals surface area contributed by atoms with Crippen molar-refractivity contribution in [2.24, 2.45) is 11.7 Å². The highest BCUT2D eigenvalue weighted by atomic mass is 32.1. The van der Waals surface area contributed by atoms with Crippen LogP contribution in [-0.2, 0) is 11.3 Å². The molecule has 1 amide bonds. The molecule has 20 heavy (non-hydrogen) atoms. The van der Waals surface area contributed by atoms with Gasteiger partial charge in [0, 0.05) is 31.6 Å². The number of hydrogen-bond acceptors (Lipinski definition) is 3. The molecule has 1 unspecified atom stereocenters. The van der Waals surface area contributed by atoms with Crippen LogP contribution in [-0.4, -0.2) is 36.4 Å².